The summed E-state index contributed by atoms with van der Waals surface area (Å²) in [6, 6.07) is 2.35. The molecule has 0 amide bonds. The Hall–Kier alpha value is -2.26. The lowest BCUT2D eigenvalue weighted by Crippen LogP contribution is -2.18. The first-order valence-corrected chi connectivity index (χ1v) is 5.68. The molecule has 0 aliphatic carbocycles. The van der Waals surface area contributed by atoms with Gasteiger partial charge < -0.3 is 4.57 Å². The van der Waals surface area contributed by atoms with E-state index in [1.165, 1.54) is 34.2 Å². The van der Waals surface area contributed by atoms with Crippen LogP contribution in [0.3, 0.4) is 0 Å². The van der Waals surface area contributed by atoms with E-state index in [9.17, 15) is 14.9 Å². The molecule has 0 unspecified atom stereocenters. The van der Waals surface area contributed by atoms with Crippen LogP contribution in [0.1, 0.15) is 4.88 Å². The summed E-state index contributed by atoms with van der Waals surface area (Å²) in [7, 11) is 0. The highest BCUT2D eigenvalue weighted by molar-refractivity contribution is 7.15. The van der Waals surface area contributed by atoms with Gasteiger partial charge in [0.25, 0.3) is 11.2 Å². The molecule has 0 fully saturated rings. The minimum absolute atomic E-state index is 0.128. The van der Waals surface area contributed by atoms with Gasteiger partial charge in [0.1, 0.15) is 0 Å². The number of anilines is 1. The second-order valence-corrected chi connectivity index (χ2v) is 4.50. The fraction of sp³-hybridized carbons (Fsp3) is 0.111. The van der Waals surface area contributed by atoms with Crippen molar-refractivity contribution < 1.29 is 4.92 Å². The molecule has 9 heteroatoms. The SMILES string of the molecule is NNc1ncc(Cn2cc([N+](=O)[O-])ccc2=O)s1. The lowest BCUT2D eigenvalue weighted by atomic mass is 10.4. The van der Waals surface area contributed by atoms with Crippen molar-refractivity contribution in [3.05, 3.63) is 49.9 Å². The van der Waals surface area contributed by atoms with Crippen LogP contribution in [-0.4, -0.2) is 14.5 Å². The highest BCUT2D eigenvalue weighted by atomic mass is 32.1. The van der Waals surface area contributed by atoms with Crippen LogP contribution in [0, 0.1) is 10.1 Å². The van der Waals surface area contributed by atoms with E-state index in [1.54, 1.807) is 6.20 Å². The van der Waals surface area contributed by atoms with E-state index in [4.69, 9.17) is 5.84 Å². The molecule has 0 bridgehead atoms. The van der Waals surface area contributed by atoms with Crippen LogP contribution < -0.4 is 16.8 Å². The highest BCUT2D eigenvalue weighted by Gasteiger charge is 2.09. The molecule has 0 atom stereocenters. The second-order valence-electron chi connectivity index (χ2n) is 3.39. The molecule has 2 rings (SSSR count). The smallest absolute Gasteiger partial charge is 0.285 e. The maximum Gasteiger partial charge on any atom is 0.285 e. The molecule has 0 aliphatic rings. The number of nitrogens with one attached hydrogen (secondary N) is 1. The third-order valence-corrected chi connectivity index (χ3v) is 3.10. The highest BCUT2D eigenvalue weighted by Crippen LogP contribution is 2.18. The van der Waals surface area contributed by atoms with E-state index in [1.807, 2.05) is 0 Å². The van der Waals surface area contributed by atoms with Gasteiger partial charge in [-0.2, -0.15) is 0 Å². The second kappa shape index (κ2) is 4.94. The van der Waals surface area contributed by atoms with Crippen LogP contribution >= 0.6 is 11.3 Å². The van der Waals surface area contributed by atoms with E-state index < -0.39 is 4.92 Å². The predicted molar refractivity (Wildman–Crippen MR) is 66.4 cm³/mol. The molecule has 0 saturated heterocycles. The van der Waals surface area contributed by atoms with Crippen molar-refractivity contribution in [2.45, 2.75) is 6.54 Å². The zero-order chi connectivity index (χ0) is 13.1. The quantitative estimate of drug-likeness (QED) is 0.474. The van der Waals surface area contributed by atoms with Gasteiger partial charge in [-0.25, -0.2) is 10.8 Å². The monoisotopic (exact) mass is 267 g/mol. The number of aromatic nitrogens is 2. The first-order valence-electron chi connectivity index (χ1n) is 4.86. The Morgan fingerprint density at radius 2 is 2.33 bits per heavy atom. The summed E-state index contributed by atoms with van der Waals surface area (Å²) >= 11 is 1.27. The van der Waals surface area contributed by atoms with E-state index >= 15 is 0 Å². The van der Waals surface area contributed by atoms with Crippen LogP contribution in [0.2, 0.25) is 0 Å². The Morgan fingerprint density at radius 1 is 1.56 bits per heavy atom. The standard InChI is InChI=1S/C9H9N5O3S/c10-12-9-11-3-7(18-9)5-13-4-6(14(16)17)1-2-8(13)15/h1-4H,5,10H2,(H,11,12). The molecule has 8 nitrogen and oxygen atoms in total. The molecule has 94 valence electrons. The molecule has 0 aromatic carbocycles. The number of nitrogen functional groups attached to an aromatic ring is 1. The number of nitrogens with two attached hydrogens (primary N) is 1. The van der Waals surface area contributed by atoms with Crippen LogP contribution in [-0.2, 0) is 6.54 Å². The van der Waals surface area contributed by atoms with Gasteiger partial charge in [0.2, 0.25) is 0 Å². The fourth-order valence-electron chi connectivity index (χ4n) is 1.37. The van der Waals surface area contributed by atoms with Crippen molar-refractivity contribution in [3.8, 4) is 0 Å². The molecular weight excluding hydrogens is 258 g/mol. The predicted octanol–water partition coefficient (Wildman–Crippen LogP) is 0.547. The summed E-state index contributed by atoms with van der Waals surface area (Å²) in [5.41, 5.74) is 1.95. The summed E-state index contributed by atoms with van der Waals surface area (Å²) in [5.74, 6) is 5.19. The third kappa shape index (κ3) is 2.52. The molecule has 2 aromatic heterocycles. The van der Waals surface area contributed by atoms with Gasteiger partial charge in [-0.1, -0.05) is 11.3 Å². The van der Waals surface area contributed by atoms with Crippen LogP contribution in [0.4, 0.5) is 10.8 Å². The van der Waals surface area contributed by atoms with Crippen molar-refractivity contribution in [1.82, 2.24) is 9.55 Å². The lowest BCUT2D eigenvalue weighted by molar-refractivity contribution is -0.385. The summed E-state index contributed by atoms with van der Waals surface area (Å²) in [6.45, 7) is 0.222. The number of rotatable bonds is 4. The fourth-order valence-corrected chi connectivity index (χ4v) is 2.09. The lowest BCUT2D eigenvalue weighted by Gasteiger charge is -2.02. The Morgan fingerprint density at radius 3 is 2.94 bits per heavy atom. The minimum atomic E-state index is -0.546. The zero-order valence-corrected chi connectivity index (χ0v) is 9.88. The minimum Gasteiger partial charge on any atom is -0.303 e. The van der Waals surface area contributed by atoms with E-state index in [0.29, 0.717) is 5.13 Å². The van der Waals surface area contributed by atoms with Gasteiger partial charge in [0.05, 0.1) is 17.7 Å². The van der Waals surface area contributed by atoms with E-state index in [-0.39, 0.29) is 17.8 Å². The third-order valence-electron chi connectivity index (χ3n) is 2.18. The first-order chi connectivity index (χ1) is 8.60. The maximum absolute atomic E-state index is 11.6. The van der Waals surface area contributed by atoms with Crippen molar-refractivity contribution in [3.63, 3.8) is 0 Å². The van der Waals surface area contributed by atoms with E-state index in [0.717, 1.165) is 4.88 Å². The average molecular weight is 267 g/mol. The molecule has 18 heavy (non-hydrogen) atoms. The van der Waals surface area contributed by atoms with Gasteiger partial charge >= 0.3 is 0 Å². The van der Waals surface area contributed by atoms with Gasteiger partial charge in [0, 0.05) is 23.2 Å². The summed E-state index contributed by atoms with van der Waals surface area (Å²) in [4.78, 5) is 26.4. The number of nitro groups is 1. The topological polar surface area (TPSA) is 116 Å². The molecule has 0 spiro atoms. The zero-order valence-electron chi connectivity index (χ0n) is 9.07. The molecule has 0 saturated carbocycles. The Balaban J connectivity index is 2.30. The molecule has 3 N–H and O–H groups in total. The largest absolute Gasteiger partial charge is 0.303 e. The number of pyridine rings is 1. The van der Waals surface area contributed by atoms with Crippen LogP contribution in [0.5, 0.6) is 0 Å². The number of hydrogen-bond donors (Lipinski definition) is 2. The number of thiazole rings is 1. The Bertz CT molecular complexity index is 635. The number of nitrogens with zero attached hydrogens (tertiary/aromatic N) is 3. The van der Waals surface area contributed by atoms with Crippen molar-refractivity contribution in [2.75, 3.05) is 5.43 Å². The van der Waals surface area contributed by atoms with Gasteiger partial charge in [-0.05, 0) is 0 Å². The molecule has 0 radical (unpaired) electrons. The number of hydrazine groups is 1. The molecule has 2 heterocycles. The van der Waals surface area contributed by atoms with Crippen LogP contribution in [0.15, 0.2) is 29.3 Å². The van der Waals surface area contributed by atoms with Gasteiger partial charge in [-0.3, -0.25) is 20.3 Å². The number of hydrogen-bond acceptors (Lipinski definition) is 7. The molecule has 0 aliphatic heterocycles. The summed E-state index contributed by atoms with van der Waals surface area (Å²) in [5, 5.41) is 11.1. The Kier molecular flexibility index (Phi) is 3.35. The average Bonchev–Trinajstić information content (AvgIpc) is 2.79. The first kappa shape index (κ1) is 12.2. The van der Waals surface area contributed by atoms with E-state index in [2.05, 4.69) is 10.4 Å². The van der Waals surface area contributed by atoms with Gasteiger partial charge in [0.15, 0.2) is 5.13 Å². The summed E-state index contributed by atoms with van der Waals surface area (Å²) < 4.78 is 1.26. The summed E-state index contributed by atoms with van der Waals surface area (Å²) in [6.07, 6.45) is 2.77. The van der Waals surface area contributed by atoms with Crippen molar-refractivity contribution in [2.24, 2.45) is 5.84 Å². The van der Waals surface area contributed by atoms with Crippen molar-refractivity contribution >= 4 is 22.2 Å². The van der Waals surface area contributed by atoms with Crippen molar-refractivity contribution in [1.29, 1.82) is 0 Å². The normalized spacial score (nSPS) is 10.3. The molecular formula is C9H9N5O3S. The van der Waals surface area contributed by atoms with Crippen LogP contribution in [0.25, 0.3) is 0 Å². The maximum atomic E-state index is 11.6. The van der Waals surface area contributed by atoms with Gasteiger partial charge in [-0.15, -0.1) is 0 Å². The Labute approximate surface area is 105 Å². The molecule has 2 aromatic rings.